The molecule has 3 atom stereocenters. The number of pyridine rings is 2. The van der Waals surface area contributed by atoms with Gasteiger partial charge in [-0.3, -0.25) is 15.0 Å². The van der Waals surface area contributed by atoms with Gasteiger partial charge in [0.25, 0.3) is 0 Å². The summed E-state index contributed by atoms with van der Waals surface area (Å²) < 4.78 is 0. The Balaban J connectivity index is 1.45. The highest BCUT2D eigenvalue weighted by Gasteiger charge is 2.43. The van der Waals surface area contributed by atoms with E-state index in [0.717, 1.165) is 34.4 Å². The Morgan fingerprint density at radius 3 is 2.52 bits per heavy atom. The SMILES string of the molecule is CN1/C(=C/N=C2/c3cccnc3-c3ncccc3C2O)C2CC3CC(C2)CC1C3. The molecule has 5 aliphatic rings. The lowest BCUT2D eigenvalue weighted by Crippen LogP contribution is -2.34. The highest BCUT2D eigenvalue weighted by atomic mass is 16.3. The molecule has 148 valence electrons. The van der Waals surface area contributed by atoms with Crippen LogP contribution in [-0.4, -0.2) is 38.8 Å². The lowest BCUT2D eigenvalue weighted by atomic mass is 9.68. The molecule has 0 spiro atoms. The van der Waals surface area contributed by atoms with Crippen molar-refractivity contribution in [3.05, 3.63) is 59.7 Å². The maximum absolute atomic E-state index is 11.1. The van der Waals surface area contributed by atoms with E-state index in [0.29, 0.717) is 17.7 Å². The molecule has 0 radical (unpaired) electrons. The predicted octanol–water partition coefficient (Wildman–Crippen LogP) is 3.96. The number of allylic oxidation sites excluding steroid dienone is 1. The van der Waals surface area contributed by atoms with Crippen LogP contribution in [0.3, 0.4) is 0 Å². The number of aliphatic imine (C=N–C) groups is 1. The molecule has 2 aliphatic heterocycles. The van der Waals surface area contributed by atoms with Crippen LogP contribution in [0.15, 0.2) is 53.5 Å². The molecule has 5 nitrogen and oxygen atoms in total. The first-order valence-corrected chi connectivity index (χ1v) is 10.8. The second-order valence-corrected chi connectivity index (χ2v) is 9.18. The van der Waals surface area contributed by atoms with E-state index in [1.54, 1.807) is 12.4 Å². The van der Waals surface area contributed by atoms with Crippen molar-refractivity contribution >= 4 is 5.71 Å². The number of aliphatic hydroxyl groups excluding tert-OH is 1. The summed E-state index contributed by atoms with van der Waals surface area (Å²) >= 11 is 0. The van der Waals surface area contributed by atoms with Gasteiger partial charge in [0.05, 0.1) is 17.1 Å². The van der Waals surface area contributed by atoms with Crippen LogP contribution in [0.25, 0.3) is 11.4 Å². The number of hydrogen-bond acceptors (Lipinski definition) is 5. The Kier molecular flexibility index (Phi) is 3.88. The normalized spacial score (nSPS) is 35.0. The molecular weight excluding hydrogens is 360 g/mol. The molecule has 3 aliphatic carbocycles. The van der Waals surface area contributed by atoms with E-state index in [1.807, 2.05) is 30.5 Å². The van der Waals surface area contributed by atoms with Crippen LogP contribution in [0.5, 0.6) is 0 Å². The van der Waals surface area contributed by atoms with Gasteiger partial charge >= 0.3 is 0 Å². The fourth-order valence-electron chi connectivity index (χ4n) is 6.28. The Labute approximate surface area is 171 Å². The van der Waals surface area contributed by atoms with Crippen LogP contribution in [-0.2, 0) is 0 Å². The molecule has 2 aromatic rings. The smallest absolute Gasteiger partial charge is 0.124 e. The van der Waals surface area contributed by atoms with Crippen LogP contribution in [0.2, 0.25) is 0 Å². The minimum absolute atomic E-state index is 0.601. The summed E-state index contributed by atoms with van der Waals surface area (Å²) in [5.74, 6) is 2.35. The summed E-state index contributed by atoms with van der Waals surface area (Å²) in [5.41, 5.74) is 5.25. The molecule has 2 saturated carbocycles. The van der Waals surface area contributed by atoms with Crippen molar-refractivity contribution in [2.45, 2.75) is 44.2 Å². The molecule has 4 bridgehead atoms. The van der Waals surface area contributed by atoms with Gasteiger partial charge in [0, 0.05) is 54.4 Å². The third-order valence-corrected chi connectivity index (χ3v) is 7.52. The zero-order valence-electron chi connectivity index (χ0n) is 16.7. The van der Waals surface area contributed by atoms with Gasteiger partial charge < -0.3 is 10.0 Å². The van der Waals surface area contributed by atoms with Gasteiger partial charge in [-0.1, -0.05) is 6.07 Å². The Morgan fingerprint density at radius 1 is 1.00 bits per heavy atom. The first-order valence-electron chi connectivity index (χ1n) is 10.8. The molecule has 4 fully saturated rings. The molecule has 4 heterocycles. The average Bonchev–Trinajstić information content (AvgIpc) is 2.88. The van der Waals surface area contributed by atoms with Gasteiger partial charge in [0.15, 0.2) is 0 Å². The molecule has 5 heteroatoms. The van der Waals surface area contributed by atoms with Crippen molar-refractivity contribution < 1.29 is 5.11 Å². The summed E-state index contributed by atoms with van der Waals surface area (Å²) in [7, 11) is 2.24. The molecular formula is C24H26N4O. The zero-order valence-corrected chi connectivity index (χ0v) is 16.7. The summed E-state index contributed by atoms with van der Waals surface area (Å²) in [6.07, 6.45) is 11.4. The average molecular weight is 386 g/mol. The molecule has 2 aromatic heterocycles. The lowest BCUT2D eigenvalue weighted by Gasteiger charge is -2.38. The number of nitrogens with zero attached hydrogens (tertiary/aromatic N) is 4. The summed E-state index contributed by atoms with van der Waals surface area (Å²) in [6, 6.07) is 8.32. The summed E-state index contributed by atoms with van der Waals surface area (Å²) in [6.45, 7) is 0. The number of fused-ring (bicyclic) bond motifs is 4. The van der Waals surface area contributed by atoms with E-state index in [4.69, 9.17) is 4.99 Å². The van der Waals surface area contributed by atoms with E-state index >= 15 is 0 Å². The second kappa shape index (κ2) is 6.49. The summed E-state index contributed by atoms with van der Waals surface area (Å²) in [5, 5.41) is 11.1. The van der Waals surface area contributed by atoms with E-state index < -0.39 is 6.10 Å². The first-order chi connectivity index (χ1) is 14.2. The third kappa shape index (κ3) is 2.67. The largest absolute Gasteiger partial charge is 0.382 e. The van der Waals surface area contributed by atoms with Crippen LogP contribution < -0.4 is 0 Å². The fraction of sp³-hybridized carbons (Fsp3) is 0.458. The highest BCUT2D eigenvalue weighted by Crippen LogP contribution is 2.50. The Morgan fingerprint density at radius 2 is 1.72 bits per heavy atom. The quantitative estimate of drug-likeness (QED) is 0.806. The van der Waals surface area contributed by atoms with Crippen molar-refractivity contribution in [2.75, 3.05) is 7.05 Å². The van der Waals surface area contributed by atoms with Crippen LogP contribution in [0, 0.1) is 17.8 Å². The molecule has 0 amide bonds. The van der Waals surface area contributed by atoms with E-state index in [-0.39, 0.29) is 0 Å². The molecule has 0 aromatic carbocycles. The predicted molar refractivity (Wildman–Crippen MR) is 112 cm³/mol. The minimum atomic E-state index is -0.781. The minimum Gasteiger partial charge on any atom is -0.382 e. The van der Waals surface area contributed by atoms with Gasteiger partial charge in [-0.05, 0) is 62.1 Å². The number of aromatic nitrogens is 2. The molecule has 29 heavy (non-hydrogen) atoms. The lowest BCUT2D eigenvalue weighted by molar-refractivity contribution is 0.137. The topological polar surface area (TPSA) is 61.6 Å². The van der Waals surface area contributed by atoms with Gasteiger partial charge in [-0.25, -0.2) is 0 Å². The van der Waals surface area contributed by atoms with Gasteiger partial charge in [-0.15, -0.1) is 0 Å². The number of aliphatic hydroxyl groups is 1. The van der Waals surface area contributed by atoms with Gasteiger partial charge in [-0.2, -0.15) is 0 Å². The monoisotopic (exact) mass is 386 g/mol. The first kappa shape index (κ1) is 17.3. The van der Waals surface area contributed by atoms with E-state index in [1.165, 1.54) is 37.8 Å². The van der Waals surface area contributed by atoms with Crippen molar-refractivity contribution in [2.24, 2.45) is 22.7 Å². The van der Waals surface area contributed by atoms with Crippen LogP contribution in [0.1, 0.15) is 49.3 Å². The molecule has 3 unspecified atom stereocenters. The third-order valence-electron chi connectivity index (χ3n) is 7.52. The second-order valence-electron chi connectivity index (χ2n) is 9.18. The Bertz CT molecular complexity index is 1020. The number of hydrogen-bond donors (Lipinski definition) is 1. The Hall–Kier alpha value is -2.53. The van der Waals surface area contributed by atoms with Crippen LogP contribution in [0.4, 0.5) is 0 Å². The van der Waals surface area contributed by atoms with Crippen LogP contribution >= 0.6 is 0 Å². The van der Waals surface area contributed by atoms with E-state index in [9.17, 15) is 5.11 Å². The number of rotatable bonds is 1. The highest BCUT2D eigenvalue weighted by molar-refractivity contribution is 6.11. The maximum atomic E-state index is 11.1. The van der Waals surface area contributed by atoms with Gasteiger partial charge in [0.1, 0.15) is 6.10 Å². The maximum Gasteiger partial charge on any atom is 0.124 e. The zero-order chi connectivity index (χ0) is 19.5. The van der Waals surface area contributed by atoms with Crippen molar-refractivity contribution in [1.29, 1.82) is 0 Å². The standard InChI is InChI=1S/C24H26N4O/c1-28-17-11-14-8-15(12-17)10-16(9-14)20(28)13-27-23-18-4-2-6-25-21(18)22-19(24(23)29)5-3-7-26-22/h2-7,13-17,24,29H,8-12H2,1H3/b20-13+,27-23-. The van der Waals surface area contributed by atoms with Crippen molar-refractivity contribution in [3.63, 3.8) is 0 Å². The summed E-state index contributed by atoms with van der Waals surface area (Å²) in [4.78, 5) is 16.4. The van der Waals surface area contributed by atoms with Crippen molar-refractivity contribution in [3.8, 4) is 11.4 Å². The van der Waals surface area contributed by atoms with Crippen molar-refractivity contribution in [1.82, 2.24) is 14.9 Å². The molecule has 2 saturated heterocycles. The fourth-order valence-corrected chi connectivity index (χ4v) is 6.28. The van der Waals surface area contributed by atoms with Gasteiger partial charge in [0.2, 0.25) is 0 Å². The molecule has 7 rings (SSSR count). The van der Waals surface area contributed by atoms with E-state index in [2.05, 4.69) is 21.9 Å². The molecule has 1 N–H and O–H groups in total.